The minimum absolute atomic E-state index is 0.101. The standard InChI is InChI=1S/C14H18N4OS/c1-4-7-16-14(19)18(3)13-10(2)17-12(20-13)11-6-5-8-15-9-11/h5-6,8-9H,4,7H2,1-3H3,(H,16,19). The molecule has 0 bridgehead atoms. The molecule has 2 aromatic rings. The van der Waals surface area contributed by atoms with E-state index in [9.17, 15) is 4.79 Å². The van der Waals surface area contributed by atoms with Gasteiger partial charge in [0.2, 0.25) is 0 Å². The third-order valence-electron chi connectivity index (χ3n) is 2.82. The molecule has 0 fully saturated rings. The van der Waals surface area contributed by atoms with Crippen LogP contribution in [0, 0.1) is 6.92 Å². The number of carbonyl (C=O) groups excluding carboxylic acids is 1. The van der Waals surface area contributed by atoms with E-state index in [1.807, 2.05) is 26.0 Å². The summed E-state index contributed by atoms with van der Waals surface area (Å²) in [5.74, 6) is 0. The third-order valence-corrected chi connectivity index (χ3v) is 4.10. The lowest BCUT2D eigenvalue weighted by molar-refractivity contribution is 0.247. The van der Waals surface area contributed by atoms with Crippen molar-refractivity contribution in [3.63, 3.8) is 0 Å². The Morgan fingerprint density at radius 1 is 1.50 bits per heavy atom. The molecule has 0 saturated heterocycles. The summed E-state index contributed by atoms with van der Waals surface area (Å²) >= 11 is 1.50. The van der Waals surface area contributed by atoms with E-state index in [0.29, 0.717) is 6.54 Å². The van der Waals surface area contributed by atoms with Crippen LogP contribution in [0.5, 0.6) is 0 Å². The van der Waals surface area contributed by atoms with Gasteiger partial charge in [0.15, 0.2) is 0 Å². The summed E-state index contributed by atoms with van der Waals surface area (Å²) < 4.78 is 0. The van der Waals surface area contributed by atoms with E-state index >= 15 is 0 Å². The Bertz CT molecular complexity index is 582. The molecule has 0 aliphatic heterocycles. The zero-order valence-electron chi connectivity index (χ0n) is 11.9. The molecule has 0 saturated carbocycles. The molecule has 1 N–H and O–H groups in total. The van der Waals surface area contributed by atoms with E-state index in [2.05, 4.69) is 15.3 Å². The molecule has 2 heterocycles. The number of aromatic nitrogens is 2. The summed E-state index contributed by atoms with van der Waals surface area (Å²) in [6, 6.07) is 3.74. The van der Waals surface area contributed by atoms with E-state index < -0.39 is 0 Å². The maximum Gasteiger partial charge on any atom is 0.322 e. The van der Waals surface area contributed by atoms with Crippen molar-refractivity contribution in [2.75, 3.05) is 18.5 Å². The zero-order chi connectivity index (χ0) is 14.5. The van der Waals surface area contributed by atoms with Crippen LogP contribution in [-0.4, -0.2) is 29.6 Å². The number of amides is 2. The molecule has 0 spiro atoms. The topological polar surface area (TPSA) is 58.1 Å². The zero-order valence-corrected chi connectivity index (χ0v) is 12.7. The fraction of sp³-hybridized carbons (Fsp3) is 0.357. The number of anilines is 1. The molecule has 0 aliphatic carbocycles. The average molecular weight is 290 g/mol. The fourth-order valence-electron chi connectivity index (χ4n) is 1.76. The van der Waals surface area contributed by atoms with Crippen molar-refractivity contribution >= 4 is 22.4 Å². The summed E-state index contributed by atoms with van der Waals surface area (Å²) in [4.78, 5) is 22.2. The number of rotatable bonds is 4. The van der Waals surface area contributed by atoms with Crippen molar-refractivity contribution in [3.8, 4) is 10.6 Å². The van der Waals surface area contributed by atoms with Crippen LogP contribution in [0.15, 0.2) is 24.5 Å². The predicted octanol–water partition coefficient (Wildman–Crippen LogP) is 3.07. The van der Waals surface area contributed by atoms with E-state index in [1.54, 1.807) is 24.3 Å². The molecule has 0 unspecified atom stereocenters. The second-order valence-corrected chi connectivity index (χ2v) is 5.42. The molecule has 0 aliphatic rings. The van der Waals surface area contributed by atoms with Crippen LogP contribution < -0.4 is 10.2 Å². The maximum absolute atomic E-state index is 12.0. The molecule has 20 heavy (non-hydrogen) atoms. The Kier molecular flexibility index (Phi) is 4.68. The number of pyridine rings is 1. The molecule has 106 valence electrons. The van der Waals surface area contributed by atoms with Crippen molar-refractivity contribution < 1.29 is 4.79 Å². The highest BCUT2D eigenvalue weighted by atomic mass is 32.1. The normalized spacial score (nSPS) is 10.3. The van der Waals surface area contributed by atoms with Crippen LogP contribution in [0.2, 0.25) is 0 Å². The molecule has 2 rings (SSSR count). The van der Waals surface area contributed by atoms with Crippen molar-refractivity contribution in [1.29, 1.82) is 0 Å². The number of nitrogens with one attached hydrogen (secondary N) is 1. The van der Waals surface area contributed by atoms with Gasteiger partial charge >= 0.3 is 6.03 Å². The third kappa shape index (κ3) is 3.14. The van der Waals surface area contributed by atoms with Gasteiger partial charge in [-0.15, -0.1) is 0 Å². The minimum atomic E-state index is -0.101. The van der Waals surface area contributed by atoms with Gasteiger partial charge in [0.05, 0.1) is 5.69 Å². The quantitative estimate of drug-likeness (QED) is 0.941. The largest absolute Gasteiger partial charge is 0.338 e. The first kappa shape index (κ1) is 14.5. The van der Waals surface area contributed by atoms with Crippen molar-refractivity contribution in [3.05, 3.63) is 30.2 Å². The summed E-state index contributed by atoms with van der Waals surface area (Å²) in [6.07, 6.45) is 4.43. The molecule has 2 aromatic heterocycles. The second kappa shape index (κ2) is 6.47. The predicted molar refractivity (Wildman–Crippen MR) is 82.2 cm³/mol. The van der Waals surface area contributed by atoms with Crippen molar-refractivity contribution in [2.24, 2.45) is 0 Å². The number of thiazole rings is 1. The molecule has 0 atom stereocenters. The van der Waals surface area contributed by atoms with Gasteiger partial charge < -0.3 is 5.32 Å². The number of hydrogen-bond acceptors (Lipinski definition) is 4. The Hall–Kier alpha value is -1.95. The van der Waals surface area contributed by atoms with Crippen LogP contribution in [0.4, 0.5) is 9.80 Å². The van der Waals surface area contributed by atoms with E-state index in [-0.39, 0.29) is 6.03 Å². The highest BCUT2D eigenvalue weighted by molar-refractivity contribution is 7.19. The number of hydrogen-bond donors (Lipinski definition) is 1. The first-order valence-electron chi connectivity index (χ1n) is 6.53. The van der Waals surface area contributed by atoms with Crippen LogP contribution in [-0.2, 0) is 0 Å². The van der Waals surface area contributed by atoms with E-state index in [1.165, 1.54) is 11.3 Å². The highest BCUT2D eigenvalue weighted by Crippen LogP contribution is 2.33. The average Bonchev–Trinajstić information content (AvgIpc) is 2.87. The summed E-state index contributed by atoms with van der Waals surface area (Å²) in [6.45, 7) is 4.62. The number of urea groups is 1. The maximum atomic E-state index is 12.0. The van der Waals surface area contributed by atoms with Crippen molar-refractivity contribution in [1.82, 2.24) is 15.3 Å². The smallest absolute Gasteiger partial charge is 0.322 e. The molecule has 2 amide bonds. The Morgan fingerprint density at radius 3 is 2.95 bits per heavy atom. The van der Waals surface area contributed by atoms with Crippen LogP contribution in [0.1, 0.15) is 19.0 Å². The second-order valence-electron chi connectivity index (χ2n) is 4.44. The first-order valence-corrected chi connectivity index (χ1v) is 7.34. The summed E-state index contributed by atoms with van der Waals surface area (Å²) in [5, 5.41) is 4.59. The van der Waals surface area contributed by atoms with Crippen molar-refractivity contribution in [2.45, 2.75) is 20.3 Å². The van der Waals surface area contributed by atoms with Crippen LogP contribution >= 0.6 is 11.3 Å². The fourth-order valence-corrected chi connectivity index (χ4v) is 2.77. The number of nitrogens with zero attached hydrogens (tertiary/aromatic N) is 3. The van der Waals surface area contributed by atoms with E-state index in [0.717, 1.165) is 27.7 Å². The Morgan fingerprint density at radius 2 is 2.30 bits per heavy atom. The Balaban J connectivity index is 2.21. The van der Waals surface area contributed by atoms with Gasteiger partial charge in [0.25, 0.3) is 0 Å². The highest BCUT2D eigenvalue weighted by Gasteiger charge is 2.17. The van der Waals surface area contributed by atoms with Gasteiger partial charge in [-0.05, 0) is 25.5 Å². The summed E-state index contributed by atoms with van der Waals surface area (Å²) in [5.41, 5.74) is 1.82. The van der Waals surface area contributed by atoms with Gasteiger partial charge in [0, 0.05) is 31.5 Å². The molecular formula is C14H18N4OS. The monoisotopic (exact) mass is 290 g/mol. The Labute approximate surface area is 122 Å². The van der Waals surface area contributed by atoms with Gasteiger partial charge in [-0.25, -0.2) is 9.78 Å². The molecule has 0 aromatic carbocycles. The van der Waals surface area contributed by atoms with Gasteiger partial charge in [-0.3, -0.25) is 9.88 Å². The first-order chi connectivity index (χ1) is 9.63. The minimum Gasteiger partial charge on any atom is -0.338 e. The lowest BCUT2D eigenvalue weighted by Crippen LogP contribution is -2.37. The van der Waals surface area contributed by atoms with Gasteiger partial charge in [0.1, 0.15) is 10.0 Å². The molecular weight excluding hydrogens is 272 g/mol. The summed E-state index contributed by atoms with van der Waals surface area (Å²) in [7, 11) is 1.76. The van der Waals surface area contributed by atoms with Gasteiger partial charge in [-0.2, -0.15) is 0 Å². The van der Waals surface area contributed by atoms with Gasteiger partial charge in [-0.1, -0.05) is 18.3 Å². The number of carbonyl (C=O) groups is 1. The SMILES string of the molecule is CCCNC(=O)N(C)c1sc(-c2cccnc2)nc1C. The lowest BCUT2D eigenvalue weighted by Gasteiger charge is -2.16. The molecule has 6 heteroatoms. The number of aryl methyl sites for hydroxylation is 1. The van der Waals surface area contributed by atoms with E-state index in [4.69, 9.17) is 0 Å². The molecule has 0 radical (unpaired) electrons. The van der Waals surface area contributed by atoms with Crippen LogP contribution in [0.3, 0.4) is 0 Å². The lowest BCUT2D eigenvalue weighted by atomic mass is 10.3. The molecule has 5 nitrogen and oxygen atoms in total. The van der Waals surface area contributed by atoms with Crippen LogP contribution in [0.25, 0.3) is 10.6 Å².